The lowest BCUT2D eigenvalue weighted by atomic mass is 9.90. The molecule has 4 aliphatic rings. The summed E-state index contributed by atoms with van der Waals surface area (Å²) in [6, 6.07) is 0. The molecule has 20 N–H and O–H groups in total. The van der Waals surface area contributed by atoms with E-state index in [0.717, 1.165) is 20.8 Å². The number of amides is 4. The van der Waals surface area contributed by atoms with Crippen LogP contribution in [0.5, 0.6) is 0 Å². The third-order valence-electron chi connectivity index (χ3n) is 17.7. The number of carbonyl (C=O) groups excluding carboxylic acids is 11. The summed E-state index contributed by atoms with van der Waals surface area (Å²) in [6.45, 7) is -9.94. The van der Waals surface area contributed by atoms with Crippen molar-refractivity contribution >= 4 is 65.4 Å². The van der Waals surface area contributed by atoms with E-state index in [4.69, 9.17) is 76.6 Å². The lowest BCUT2D eigenvalue weighted by Gasteiger charge is -2.39. The highest BCUT2D eigenvalue weighted by Crippen LogP contribution is 2.31. The van der Waals surface area contributed by atoms with Crippen LogP contribution in [0, 0.1) is 16.2 Å². The lowest BCUT2D eigenvalue weighted by molar-refractivity contribution is -0.300. The summed E-state index contributed by atoms with van der Waals surface area (Å²) in [5, 5.41) is 172. The van der Waals surface area contributed by atoms with Crippen LogP contribution in [0.25, 0.3) is 10.4 Å². The number of aliphatic hydroxyl groups excluding tert-OH is 16. The number of aliphatic hydroxyl groups is 16. The van der Waals surface area contributed by atoms with Gasteiger partial charge >= 0.3 is 41.8 Å². The first-order valence-electron chi connectivity index (χ1n) is 35.8. The van der Waals surface area contributed by atoms with Gasteiger partial charge in [-0.3, -0.25) is 52.7 Å². The van der Waals surface area contributed by atoms with Crippen LogP contribution < -0.4 is 21.3 Å². The van der Waals surface area contributed by atoms with E-state index in [1.54, 1.807) is 0 Å². The molecule has 0 spiro atoms. The zero-order chi connectivity index (χ0) is 85.0. The predicted octanol–water partition coefficient (Wildman–Crippen LogP) is -12.0. The van der Waals surface area contributed by atoms with Gasteiger partial charge in [0.25, 0.3) is 0 Å². The van der Waals surface area contributed by atoms with E-state index in [1.165, 1.54) is 0 Å². The van der Waals surface area contributed by atoms with Crippen molar-refractivity contribution in [3.8, 4) is 0 Å². The van der Waals surface area contributed by atoms with Gasteiger partial charge in [-0.25, -0.2) is 0 Å². The van der Waals surface area contributed by atoms with Gasteiger partial charge in [-0.2, -0.15) is 0 Å². The van der Waals surface area contributed by atoms with Crippen LogP contribution in [0.1, 0.15) is 72.1 Å². The predicted molar refractivity (Wildman–Crippen MR) is 363 cm³/mol. The molecular formula is C65H105N7O42. The molecule has 0 aliphatic carbocycles. The Morgan fingerprint density at radius 3 is 0.763 bits per heavy atom. The Morgan fingerprint density at radius 1 is 0.325 bits per heavy atom. The molecule has 0 aromatic carbocycles. The summed E-state index contributed by atoms with van der Waals surface area (Å²) >= 11 is 0. The van der Waals surface area contributed by atoms with Crippen LogP contribution >= 0.6 is 0 Å². The molecule has 4 saturated heterocycles. The molecule has 49 nitrogen and oxygen atoms in total. The van der Waals surface area contributed by atoms with Gasteiger partial charge in [-0.05, 0) is 26.3 Å². The van der Waals surface area contributed by atoms with Crippen molar-refractivity contribution in [1.29, 1.82) is 0 Å². The molecule has 4 heterocycles. The van der Waals surface area contributed by atoms with Crippen molar-refractivity contribution in [2.45, 2.75) is 195 Å². The van der Waals surface area contributed by atoms with Crippen molar-refractivity contribution in [1.82, 2.24) is 21.3 Å². The fraction of sp³-hybridized carbons (Fsp3) is 0.831. The highest BCUT2D eigenvalue weighted by atomic mass is 16.7. The molecule has 49 heteroatoms. The van der Waals surface area contributed by atoms with Crippen molar-refractivity contribution in [3.05, 3.63) is 10.4 Å². The molecule has 0 aromatic rings. The average molecular weight is 1660 g/mol. The molecule has 0 unspecified atom stereocenters. The van der Waals surface area contributed by atoms with Crippen LogP contribution in [0.3, 0.4) is 0 Å². The average Bonchev–Trinajstić information content (AvgIpc) is 0.842. The summed E-state index contributed by atoms with van der Waals surface area (Å²) in [4.78, 5) is 149. The van der Waals surface area contributed by atoms with Gasteiger partial charge in [0.1, 0.15) is 154 Å². The Labute approximate surface area is 649 Å². The molecule has 4 rings (SSSR count). The third-order valence-corrected chi connectivity index (χ3v) is 17.7. The molecule has 0 aromatic heterocycles. The van der Waals surface area contributed by atoms with E-state index in [0.29, 0.717) is 0 Å². The number of hydrogen-bond acceptors (Lipinski definition) is 43. The number of carbonyl (C=O) groups is 11. The Balaban J connectivity index is 1.49. The van der Waals surface area contributed by atoms with E-state index in [2.05, 4.69) is 31.3 Å². The van der Waals surface area contributed by atoms with E-state index in [-0.39, 0.29) is 52.6 Å². The molecule has 0 bridgehead atoms. The Kier molecular flexibility index (Phi) is 43.0. The maximum Gasteiger partial charge on any atom is 0.318 e. The zero-order valence-electron chi connectivity index (χ0n) is 62.5. The largest absolute Gasteiger partial charge is 0.465 e. The minimum Gasteiger partial charge on any atom is -0.465 e. The van der Waals surface area contributed by atoms with Gasteiger partial charge in [0.2, 0.25) is 23.6 Å². The number of nitrogens with one attached hydrogen (secondary N) is 4. The molecule has 4 fully saturated rings. The third kappa shape index (κ3) is 31.5. The fourth-order valence-electron chi connectivity index (χ4n) is 10.4. The van der Waals surface area contributed by atoms with Gasteiger partial charge in [0, 0.05) is 56.8 Å². The molecule has 114 heavy (non-hydrogen) atoms. The first kappa shape index (κ1) is 98.9. The van der Waals surface area contributed by atoms with Crippen molar-refractivity contribution in [2.24, 2.45) is 21.4 Å². The van der Waals surface area contributed by atoms with Crippen LogP contribution in [0.15, 0.2) is 5.11 Å². The van der Waals surface area contributed by atoms with Gasteiger partial charge in [0.15, 0.2) is 25.2 Å². The first-order chi connectivity index (χ1) is 53.9. The summed E-state index contributed by atoms with van der Waals surface area (Å²) < 4.78 is 80.1. The summed E-state index contributed by atoms with van der Waals surface area (Å²) in [5.41, 5.74) is 1.97. The molecule has 0 radical (unpaired) electrons. The number of rotatable bonds is 50. The number of azide groups is 1. The van der Waals surface area contributed by atoms with E-state index in [9.17, 15) is 134 Å². The van der Waals surface area contributed by atoms with Crippen molar-refractivity contribution in [2.75, 3.05) is 132 Å². The standard InChI is InChI=1S/C65H105N7O42/c1-63(26-105-40(81)8-4-36(77)67-12-17-100-56-52(93)48(89)44(85)32(22-73)111-56,27-106-41(82)9-5-37(78)68-13-18-101-57-53(94)49(90)45(86)33(23-74)112-57)61(98)109-30-65(3,60(97)104-21-16-71-72-66)31-110-62(99)64(2,28-107-42(83)10-6-38(79)69-14-19-102-58-54(95)50(91)46(87)34(24-75)113-58)29-108-43(84)11-7-39(80)70-15-20-103-59-55(96)51(92)47(88)35(25-76)114-59/h32-35,44-59,73-76,85-96H,4-31H2,1-3H3,(H,67,77)(H,68,78)(H,69,79)(H,70,80)/t32-,33-,34-,35-,44-,45-,46-,47-,48+,49+,50+,51+,52+,53+,54+,55+,56+,57+,58+,59+/m1/s1. The molecule has 4 aliphatic heterocycles. The number of ether oxygens (including phenoxy) is 15. The van der Waals surface area contributed by atoms with Gasteiger partial charge in [-0.1, -0.05) is 5.11 Å². The van der Waals surface area contributed by atoms with Gasteiger partial charge < -0.3 is 174 Å². The maximum absolute atomic E-state index is 14.4. The second-order valence-electron chi connectivity index (χ2n) is 27.2. The summed E-state index contributed by atoms with van der Waals surface area (Å²) in [6.07, 6.45) is -37.1. The monoisotopic (exact) mass is 1660 g/mol. The van der Waals surface area contributed by atoms with E-state index < -0.39 is 335 Å². The number of hydrogen-bond donors (Lipinski definition) is 20. The fourth-order valence-corrected chi connectivity index (χ4v) is 10.4. The Morgan fingerprint density at radius 2 is 0.544 bits per heavy atom. The molecule has 20 atom stereocenters. The molecule has 652 valence electrons. The van der Waals surface area contributed by atoms with Crippen molar-refractivity contribution in [3.63, 3.8) is 0 Å². The quantitative estimate of drug-likeness (QED) is 0.00671. The van der Waals surface area contributed by atoms with Gasteiger partial charge in [-0.15, -0.1) is 0 Å². The minimum atomic E-state index is -2.34. The second kappa shape index (κ2) is 49.6. The second-order valence-corrected chi connectivity index (χ2v) is 27.2. The Hall–Kier alpha value is -7.48. The summed E-state index contributed by atoms with van der Waals surface area (Å²) in [7, 11) is 0. The van der Waals surface area contributed by atoms with Crippen LogP contribution in [-0.4, -0.2) is 402 Å². The van der Waals surface area contributed by atoms with E-state index in [1.807, 2.05) is 0 Å². The SMILES string of the molecule is CC(COC(=O)CCC(=O)NCCO[C@H]1O[C@H](CO)[C@@H](O)[C@H](O)[C@@H]1O)(COC(=O)CCC(=O)NCCO[C@H]1O[C@H](CO)[C@@H](O)[C@H](O)[C@@H]1O)C(=O)OCC(C)(COC(=O)C(C)(COC(=O)CCC(=O)NCCO[C@H]1O[C@H](CO)[C@@H](O)[C@H](O)[C@@H]1O)COC(=O)CCC(=O)NCCO[C@H]1O[C@H](CO)[C@@H](O)[C@H](O)[C@@H]1O)C(=O)OCCN=[N+]=[N-]. The highest BCUT2D eigenvalue weighted by Gasteiger charge is 2.50. The van der Waals surface area contributed by atoms with Crippen LogP contribution in [0.4, 0.5) is 0 Å². The zero-order valence-corrected chi connectivity index (χ0v) is 62.5. The first-order valence-corrected chi connectivity index (χ1v) is 35.8. The summed E-state index contributed by atoms with van der Waals surface area (Å²) in [5.74, 6) is -11.9. The number of esters is 7. The smallest absolute Gasteiger partial charge is 0.318 e. The topological polar surface area (TPSA) is 747 Å². The Bertz CT molecular complexity index is 2780. The maximum atomic E-state index is 14.4. The molecular weight excluding hydrogens is 1550 g/mol. The van der Waals surface area contributed by atoms with Gasteiger partial charge in [0.05, 0.1) is 91.7 Å². The van der Waals surface area contributed by atoms with Crippen LogP contribution in [-0.2, 0) is 124 Å². The lowest BCUT2D eigenvalue weighted by Crippen LogP contribution is -2.59. The number of nitrogens with zero attached hydrogens (tertiary/aromatic N) is 3. The normalized spacial score (nSPS) is 27.7. The molecule has 4 amide bonds. The van der Waals surface area contributed by atoms with E-state index >= 15 is 0 Å². The highest BCUT2D eigenvalue weighted by molar-refractivity contribution is 5.85. The minimum absolute atomic E-state index is 0.273. The molecule has 0 saturated carbocycles. The van der Waals surface area contributed by atoms with Crippen LogP contribution in [0.2, 0.25) is 0 Å². The van der Waals surface area contributed by atoms with Crippen molar-refractivity contribution < 1.29 is 205 Å².